The summed E-state index contributed by atoms with van der Waals surface area (Å²) in [4.78, 5) is 15.9. The predicted molar refractivity (Wildman–Crippen MR) is 56.9 cm³/mol. The van der Waals surface area contributed by atoms with Crippen LogP contribution in [0.4, 0.5) is 0 Å². The summed E-state index contributed by atoms with van der Waals surface area (Å²) in [6.45, 7) is 6.66. The van der Waals surface area contributed by atoms with E-state index in [-0.39, 0.29) is 11.9 Å². The molecular formula is C10H21N3O. The Morgan fingerprint density at radius 2 is 2.21 bits per heavy atom. The van der Waals surface area contributed by atoms with Crippen LogP contribution in [0.2, 0.25) is 0 Å². The van der Waals surface area contributed by atoms with E-state index in [4.69, 9.17) is 5.73 Å². The fourth-order valence-corrected chi connectivity index (χ4v) is 1.68. The summed E-state index contributed by atoms with van der Waals surface area (Å²) in [7, 11) is 2.10. The van der Waals surface area contributed by atoms with E-state index in [0.29, 0.717) is 12.5 Å². The van der Waals surface area contributed by atoms with Gasteiger partial charge in [0.05, 0.1) is 0 Å². The molecule has 4 nitrogen and oxygen atoms in total. The normalized spacial score (nSPS) is 26.3. The lowest BCUT2D eigenvalue weighted by molar-refractivity contribution is -0.134. The highest BCUT2D eigenvalue weighted by molar-refractivity contribution is 5.76. The van der Waals surface area contributed by atoms with Gasteiger partial charge in [-0.3, -0.25) is 4.79 Å². The molecule has 0 spiro atoms. The van der Waals surface area contributed by atoms with Crippen molar-refractivity contribution in [1.82, 2.24) is 9.80 Å². The van der Waals surface area contributed by atoms with Crippen molar-refractivity contribution in [3.05, 3.63) is 0 Å². The molecule has 1 amide bonds. The van der Waals surface area contributed by atoms with Gasteiger partial charge >= 0.3 is 0 Å². The van der Waals surface area contributed by atoms with Gasteiger partial charge in [-0.05, 0) is 20.9 Å². The molecule has 0 aliphatic carbocycles. The third-order valence-electron chi connectivity index (χ3n) is 2.81. The number of nitrogens with two attached hydrogens (primary N) is 1. The maximum Gasteiger partial charge on any atom is 0.224 e. The molecule has 0 radical (unpaired) electrons. The van der Waals surface area contributed by atoms with E-state index in [2.05, 4.69) is 18.9 Å². The van der Waals surface area contributed by atoms with Crippen molar-refractivity contribution >= 4 is 5.91 Å². The fourth-order valence-electron chi connectivity index (χ4n) is 1.68. The number of amides is 1. The molecule has 1 rings (SSSR count). The quantitative estimate of drug-likeness (QED) is 0.675. The smallest absolute Gasteiger partial charge is 0.224 e. The summed E-state index contributed by atoms with van der Waals surface area (Å²) in [6, 6.07) is 0.429. The summed E-state index contributed by atoms with van der Waals surface area (Å²) in [6.07, 6.45) is 0.469. The zero-order valence-corrected chi connectivity index (χ0v) is 9.36. The first kappa shape index (κ1) is 11.5. The standard InChI is InChI=1S/C10H21N3O/c1-8(11)6-10(14)13-5-4-12(3)9(2)7-13/h8-9H,4-7,11H2,1-3H3. The van der Waals surface area contributed by atoms with E-state index in [1.807, 2.05) is 11.8 Å². The molecule has 1 saturated heterocycles. The van der Waals surface area contributed by atoms with Gasteiger partial charge in [0.15, 0.2) is 0 Å². The molecule has 0 aromatic carbocycles. The lowest BCUT2D eigenvalue weighted by atomic mass is 10.1. The monoisotopic (exact) mass is 199 g/mol. The number of carbonyl (C=O) groups is 1. The molecule has 2 unspecified atom stereocenters. The average molecular weight is 199 g/mol. The Bertz CT molecular complexity index is 206. The lowest BCUT2D eigenvalue weighted by Crippen LogP contribution is -2.52. The van der Waals surface area contributed by atoms with Crippen molar-refractivity contribution in [2.45, 2.75) is 32.4 Å². The zero-order chi connectivity index (χ0) is 10.7. The number of piperazine rings is 1. The van der Waals surface area contributed by atoms with Gasteiger partial charge in [0.1, 0.15) is 0 Å². The van der Waals surface area contributed by atoms with Crippen LogP contribution < -0.4 is 5.73 Å². The third-order valence-corrected chi connectivity index (χ3v) is 2.81. The number of carbonyl (C=O) groups excluding carboxylic acids is 1. The van der Waals surface area contributed by atoms with Crippen molar-refractivity contribution in [3.8, 4) is 0 Å². The first-order valence-electron chi connectivity index (χ1n) is 5.24. The van der Waals surface area contributed by atoms with Crippen molar-refractivity contribution in [1.29, 1.82) is 0 Å². The maximum atomic E-state index is 11.7. The zero-order valence-electron chi connectivity index (χ0n) is 9.36. The minimum absolute atomic E-state index is 0.0301. The van der Waals surface area contributed by atoms with Crippen LogP contribution in [0.1, 0.15) is 20.3 Å². The SMILES string of the molecule is CC(N)CC(=O)N1CCN(C)C(C)C1. The van der Waals surface area contributed by atoms with E-state index >= 15 is 0 Å². The molecule has 1 aliphatic heterocycles. The van der Waals surface area contributed by atoms with Crippen LogP contribution in [0.15, 0.2) is 0 Å². The first-order valence-corrected chi connectivity index (χ1v) is 5.24. The summed E-state index contributed by atoms with van der Waals surface area (Å²) in [5.74, 6) is 0.194. The molecule has 1 aliphatic rings. The van der Waals surface area contributed by atoms with Crippen LogP contribution in [0.3, 0.4) is 0 Å². The molecule has 4 heteroatoms. The van der Waals surface area contributed by atoms with E-state index < -0.39 is 0 Å². The minimum Gasteiger partial charge on any atom is -0.340 e. The van der Waals surface area contributed by atoms with Gasteiger partial charge < -0.3 is 15.5 Å². The molecule has 2 atom stereocenters. The Labute approximate surface area is 86.0 Å². The highest BCUT2D eigenvalue weighted by Gasteiger charge is 2.24. The van der Waals surface area contributed by atoms with Gasteiger partial charge in [0, 0.05) is 38.1 Å². The van der Waals surface area contributed by atoms with E-state index in [0.717, 1.165) is 19.6 Å². The first-order chi connectivity index (χ1) is 6.50. The van der Waals surface area contributed by atoms with E-state index in [1.165, 1.54) is 0 Å². The van der Waals surface area contributed by atoms with Crippen molar-refractivity contribution in [2.24, 2.45) is 5.73 Å². The van der Waals surface area contributed by atoms with Gasteiger partial charge in [-0.15, -0.1) is 0 Å². The summed E-state index contributed by atoms with van der Waals surface area (Å²) in [5.41, 5.74) is 5.60. The Morgan fingerprint density at radius 1 is 1.57 bits per heavy atom. The van der Waals surface area contributed by atoms with E-state index in [1.54, 1.807) is 0 Å². The number of nitrogens with zero attached hydrogens (tertiary/aromatic N) is 2. The van der Waals surface area contributed by atoms with Crippen LogP contribution in [0, 0.1) is 0 Å². The van der Waals surface area contributed by atoms with Crippen LogP contribution in [0.5, 0.6) is 0 Å². The number of hydrogen-bond donors (Lipinski definition) is 1. The van der Waals surface area contributed by atoms with Crippen LogP contribution in [-0.4, -0.2) is 54.5 Å². The minimum atomic E-state index is -0.0301. The van der Waals surface area contributed by atoms with Crippen LogP contribution in [0.25, 0.3) is 0 Å². The molecule has 1 fully saturated rings. The summed E-state index contributed by atoms with van der Waals surface area (Å²) < 4.78 is 0. The van der Waals surface area contributed by atoms with Crippen molar-refractivity contribution < 1.29 is 4.79 Å². The Morgan fingerprint density at radius 3 is 2.71 bits per heavy atom. The Hall–Kier alpha value is -0.610. The largest absolute Gasteiger partial charge is 0.340 e. The van der Waals surface area contributed by atoms with Gasteiger partial charge in [0.25, 0.3) is 0 Å². The second-order valence-electron chi connectivity index (χ2n) is 4.35. The topological polar surface area (TPSA) is 49.6 Å². The molecule has 0 aromatic rings. The summed E-state index contributed by atoms with van der Waals surface area (Å²) >= 11 is 0. The fraction of sp³-hybridized carbons (Fsp3) is 0.900. The van der Waals surface area contributed by atoms with Crippen molar-refractivity contribution in [3.63, 3.8) is 0 Å². The van der Waals surface area contributed by atoms with Crippen LogP contribution in [-0.2, 0) is 4.79 Å². The van der Waals surface area contributed by atoms with Crippen molar-refractivity contribution in [2.75, 3.05) is 26.7 Å². The third kappa shape index (κ3) is 2.96. The highest BCUT2D eigenvalue weighted by Crippen LogP contribution is 2.08. The van der Waals surface area contributed by atoms with E-state index in [9.17, 15) is 4.79 Å². The number of hydrogen-bond acceptors (Lipinski definition) is 3. The Balaban J connectivity index is 2.42. The molecule has 1 heterocycles. The highest BCUT2D eigenvalue weighted by atomic mass is 16.2. The lowest BCUT2D eigenvalue weighted by Gasteiger charge is -2.37. The van der Waals surface area contributed by atoms with Gasteiger partial charge in [0.2, 0.25) is 5.91 Å². The van der Waals surface area contributed by atoms with Gasteiger partial charge in [-0.1, -0.05) is 0 Å². The molecule has 0 aromatic heterocycles. The number of likely N-dealkylation sites (N-methyl/N-ethyl adjacent to an activating group) is 1. The summed E-state index contributed by atoms with van der Waals surface area (Å²) in [5, 5.41) is 0. The second-order valence-corrected chi connectivity index (χ2v) is 4.35. The molecule has 2 N–H and O–H groups in total. The maximum absolute atomic E-state index is 11.7. The second kappa shape index (κ2) is 4.75. The molecule has 82 valence electrons. The molecule has 14 heavy (non-hydrogen) atoms. The molecule has 0 bridgehead atoms. The molecular weight excluding hydrogens is 178 g/mol. The van der Waals surface area contributed by atoms with Gasteiger partial charge in [-0.25, -0.2) is 0 Å². The Kier molecular flexibility index (Phi) is 3.89. The number of rotatable bonds is 2. The average Bonchev–Trinajstić information content (AvgIpc) is 2.08. The van der Waals surface area contributed by atoms with Gasteiger partial charge in [-0.2, -0.15) is 0 Å². The molecule has 0 saturated carbocycles. The van der Waals surface area contributed by atoms with Crippen LogP contribution >= 0.6 is 0 Å². The predicted octanol–water partition coefficient (Wildman–Crippen LogP) is -0.114.